The highest BCUT2D eigenvalue weighted by atomic mass is 35.5. The van der Waals surface area contributed by atoms with Gasteiger partial charge in [0.05, 0.1) is 17.6 Å². The lowest BCUT2D eigenvalue weighted by molar-refractivity contribution is -0.125. The summed E-state index contributed by atoms with van der Waals surface area (Å²) in [6.45, 7) is 5.48. The van der Waals surface area contributed by atoms with Gasteiger partial charge in [-0.25, -0.2) is 4.98 Å². The molecule has 2 aromatic carbocycles. The maximum Gasteiger partial charge on any atom is 0.223 e. The van der Waals surface area contributed by atoms with E-state index in [0.29, 0.717) is 13.1 Å². The molecule has 3 rings (SSSR count). The summed E-state index contributed by atoms with van der Waals surface area (Å²) < 4.78 is 2.24. The number of rotatable bonds is 9. The molecule has 0 aliphatic heterocycles. The predicted octanol–water partition coefficient (Wildman–Crippen LogP) is 5.22. The second-order valence-corrected chi connectivity index (χ2v) is 7.51. The zero-order valence-corrected chi connectivity index (χ0v) is 17.4. The van der Waals surface area contributed by atoms with Crippen LogP contribution in [0, 0.1) is 5.92 Å². The molecule has 0 unspecified atom stereocenters. The van der Waals surface area contributed by atoms with Crippen LogP contribution in [0.4, 0.5) is 0 Å². The molecular weight excluding hydrogens is 370 g/mol. The third-order valence-electron chi connectivity index (χ3n) is 5.25. The van der Waals surface area contributed by atoms with Crippen molar-refractivity contribution in [3.8, 4) is 0 Å². The van der Waals surface area contributed by atoms with Gasteiger partial charge in [-0.05, 0) is 43.0 Å². The monoisotopic (exact) mass is 397 g/mol. The number of fused-ring (bicyclic) bond motifs is 1. The Kier molecular flexibility index (Phi) is 7.10. The van der Waals surface area contributed by atoms with Crippen LogP contribution < -0.4 is 5.32 Å². The van der Waals surface area contributed by atoms with Crippen LogP contribution in [0.15, 0.2) is 48.5 Å². The molecule has 3 aromatic rings. The van der Waals surface area contributed by atoms with Gasteiger partial charge in [-0.15, -0.1) is 0 Å². The van der Waals surface area contributed by atoms with Gasteiger partial charge in [0.15, 0.2) is 0 Å². The van der Waals surface area contributed by atoms with Gasteiger partial charge in [0.2, 0.25) is 5.91 Å². The Morgan fingerprint density at radius 3 is 2.57 bits per heavy atom. The predicted molar refractivity (Wildman–Crippen MR) is 116 cm³/mol. The molecule has 148 valence electrons. The topological polar surface area (TPSA) is 46.9 Å². The van der Waals surface area contributed by atoms with E-state index in [-0.39, 0.29) is 11.8 Å². The summed E-state index contributed by atoms with van der Waals surface area (Å²) >= 11 is 6.38. The molecule has 28 heavy (non-hydrogen) atoms. The second-order valence-electron chi connectivity index (χ2n) is 7.10. The van der Waals surface area contributed by atoms with Gasteiger partial charge >= 0.3 is 0 Å². The van der Waals surface area contributed by atoms with E-state index in [0.717, 1.165) is 53.1 Å². The summed E-state index contributed by atoms with van der Waals surface area (Å²) in [4.78, 5) is 17.0. The van der Waals surface area contributed by atoms with Gasteiger partial charge in [-0.1, -0.05) is 55.8 Å². The van der Waals surface area contributed by atoms with Gasteiger partial charge < -0.3 is 9.88 Å². The van der Waals surface area contributed by atoms with Crippen LogP contribution in [0.25, 0.3) is 11.0 Å². The summed E-state index contributed by atoms with van der Waals surface area (Å²) in [6, 6.07) is 16.1. The van der Waals surface area contributed by atoms with Crippen LogP contribution in [0.5, 0.6) is 0 Å². The van der Waals surface area contributed by atoms with Crippen LogP contribution in [0.3, 0.4) is 0 Å². The minimum Gasteiger partial charge on any atom is -0.356 e. The number of benzene rings is 2. The maximum atomic E-state index is 12.2. The highest BCUT2D eigenvalue weighted by molar-refractivity contribution is 6.31. The normalized spacial score (nSPS) is 11.3. The summed E-state index contributed by atoms with van der Waals surface area (Å²) in [5.41, 5.74) is 3.18. The number of nitrogens with one attached hydrogen (secondary N) is 1. The molecule has 1 amide bonds. The van der Waals surface area contributed by atoms with Crippen LogP contribution in [0.2, 0.25) is 5.02 Å². The van der Waals surface area contributed by atoms with E-state index < -0.39 is 0 Å². The van der Waals surface area contributed by atoms with Gasteiger partial charge in [-0.3, -0.25) is 4.79 Å². The molecule has 0 spiro atoms. The van der Waals surface area contributed by atoms with E-state index in [4.69, 9.17) is 16.6 Å². The number of halogens is 1. The molecule has 0 aliphatic carbocycles. The maximum absolute atomic E-state index is 12.2. The fourth-order valence-electron chi connectivity index (χ4n) is 3.55. The molecule has 0 radical (unpaired) electrons. The number of imidazole rings is 1. The average Bonchev–Trinajstić information content (AvgIpc) is 3.05. The highest BCUT2D eigenvalue weighted by Gasteiger charge is 2.14. The van der Waals surface area contributed by atoms with Crippen molar-refractivity contribution in [3.05, 3.63) is 64.9 Å². The Morgan fingerprint density at radius 2 is 1.82 bits per heavy atom. The van der Waals surface area contributed by atoms with Crippen molar-refractivity contribution in [2.45, 2.75) is 46.1 Å². The van der Waals surface area contributed by atoms with E-state index in [9.17, 15) is 4.79 Å². The zero-order valence-electron chi connectivity index (χ0n) is 16.6. The van der Waals surface area contributed by atoms with E-state index >= 15 is 0 Å². The van der Waals surface area contributed by atoms with Gasteiger partial charge in [0, 0.05) is 23.9 Å². The molecule has 1 N–H and O–H groups in total. The van der Waals surface area contributed by atoms with Crippen LogP contribution in [0.1, 0.15) is 44.5 Å². The number of aromatic nitrogens is 2. The molecule has 0 fully saturated rings. The van der Waals surface area contributed by atoms with Gasteiger partial charge in [0.25, 0.3) is 0 Å². The molecule has 0 aliphatic rings. The highest BCUT2D eigenvalue weighted by Crippen LogP contribution is 2.22. The lowest BCUT2D eigenvalue weighted by Crippen LogP contribution is -2.31. The Labute approximate surface area is 171 Å². The molecular formula is C23H28ClN3O. The Morgan fingerprint density at radius 1 is 1.11 bits per heavy atom. The quantitative estimate of drug-likeness (QED) is 0.503. The zero-order chi connectivity index (χ0) is 19.9. The number of carbonyl (C=O) groups is 1. The summed E-state index contributed by atoms with van der Waals surface area (Å²) in [5, 5.41) is 3.84. The molecule has 0 saturated carbocycles. The van der Waals surface area contributed by atoms with Crippen molar-refractivity contribution in [3.63, 3.8) is 0 Å². The van der Waals surface area contributed by atoms with Crippen LogP contribution in [-0.2, 0) is 17.8 Å². The number of para-hydroxylation sites is 2. The third kappa shape index (κ3) is 4.74. The van der Waals surface area contributed by atoms with E-state index in [1.807, 2.05) is 36.4 Å². The Hall–Kier alpha value is -2.33. The van der Waals surface area contributed by atoms with Crippen molar-refractivity contribution in [1.82, 2.24) is 14.9 Å². The van der Waals surface area contributed by atoms with Crippen LogP contribution in [-0.4, -0.2) is 22.0 Å². The molecule has 0 atom stereocenters. The lowest BCUT2D eigenvalue weighted by atomic mass is 10.0. The van der Waals surface area contributed by atoms with Crippen LogP contribution >= 0.6 is 11.6 Å². The molecule has 0 bridgehead atoms. The van der Waals surface area contributed by atoms with Crippen molar-refractivity contribution in [1.29, 1.82) is 0 Å². The number of hydrogen-bond acceptors (Lipinski definition) is 2. The average molecular weight is 398 g/mol. The van der Waals surface area contributed by atoms with E-state index in [1.54, 1.807) is 0 Å². The van der Waals surface area contributed by atoms with E-state index in [2.05, 4.69) is 35.9 Å². The summed E-state index contributed by atoms with van der Waals surface area (Å²) in [7, 11) is 0. The molecule has 5 heteroatoms. The first-order valence-electron chi connectivity index (χ1n) is 10.1. The molecule has 4 nitrogen and oxygen atoms in total. The first-order valence-corrected chi connectivity index (χ1v) is 10.5. The number of amides is 1. The Balaban J connectivity index is 1.72. The minimum absolute atomic E-state index is 0.116. The Bertz CT molecular complexity index is 930. The van der Waals surface area contributed by atoms with Crippen molar-refractivity contribution in [2.24, 2.45) is 5.92 Å². The lowest BCUT2D eigenvalue weighted by Gasteiger charge is -2.13. The number of carbonyl (C=O) groups excluding carboxylic acids is 1. The summed E-state index contributed by atoms with van der Waals surface area (Å²) in [6.07, 6.45) is 3.44. The first-order chi connectivity index (χ1) is 13.6. The smallest absolute Gasteiger partial charge is 0.223 e. The van der Waals surface area contributed by atoms with Crippen molar-refractivity contribution in [2.75, 3.05) is 6.54 Å². The first kappa shape index (κ1) is 20.4. The molecule has 1 heterocycles. The van der Waals surface area contributed by atoms with Crippen molar-refractivity contribution < 1.29 is 4.79 Å². The van der Waals surface area contributed by atoms with Gasteiger partial charge in [0.1, 0.15) is 5.82 Å². The van der Waals surface area contributed by atoms with Gasteiger partial charge in [-0.2, -0.15) is 0 Å². The molecule has 1 aromatic heterocycles. The molecule has 0 saturated heterocycles. The second kappa shape index (κ2) is 9.74. The SMILES string of the molecule is CCC(CC)C(=O)NCCCc1nc2ccccc2n1Cc1ccccc1Cl. The standard InChI is InChI=1S/C23H28ClN3O/c1-3-17(4-2)23(28)25-15-9-14-22-26-20-12-7-8-13-21(20)27(22)16-18-10-5-6-11-19(18)24/h5-8,10-13,17H,3-4,9,14-16H2,1-2H3,(H,25,28). The fourth-order valence-corrected chi connectivity index (χ4v) is 3.75. The largest absolute Gasteiger partial charge is 0.356 e. The number of aryl methyl sites for hydroxylation is 1. The number of hydrogen-bond donors (Lipinski definition) is 1. The fraction of sp³-hybridized carbons (Fsp3) is 0.391. The third-order valence-corrected chi connectivity index (χ3v) is 5.62. The summed E-state index contributed by atoms with van der Waals surface area (Å²) in [5.74, 6) is 1.30. The number of nitrogens with zero attached hydrogens (tertiary/aromatic N) is 2. The van der Waals surface area contributed by atoms with E-state index in [1.165, 1.54) is 0 Å². The minimum atomic E-state index is 0.116. The van der Waals surface area contributed by atoms with Crippen molar-refractivity contribution >= 4 is 28.5 Å².